The molecule has 0 aliphatic heterocycles. The standard InChI is InChI=1S/C8H14N2O5/c1-14-7(12)5(8(13)15-2)6(9)10-3-4-11/h11-12H,3-4H2,1-2H3,(H2,9,10)/b7-5-. The van der Waals surface area contributed by atoms with Crippen LogP contribution in [0.2, 0.25) is 0 Å². The van der Waals surface area contributed by atoms with Crippen LogP contribution < -0.4 is 5.73 Å². The zero-order chi connectivity index (χ0) is 11.8. The van der Waals surface area contributed by atoms with Crippen molar-refractivity contribution in [3.63, 3.8) is 0 Å². The van der Waals surface area contributed by atoms with Crippen molar-refractivity contribution >= 4 is 11.8 Å². The average molecular weight is 218 g/mol. The van der Waals surface area contributed by atoms with Crippen molar-refractivity contribution in [2.75, 3.05) is 27.4 Å². The summed E-state index contributed by atoms with van der Waals surface area (Å²) in [6.45, 7) is -0.202. The molecule has 7 nitrogen and oxygen atoms in total. The molecule has 86 valence electrons. The van der Waals surface area contributed by atoms with Gasteiger partial charge in [-0.1, -0.05) is 0 Å². The maximum absolute atomic E-state index is 11.2. The lowest BCUT2D eigenvalue weighted by Gasteiger charge is -2.06. The first kappa shape index (κ1) is 13.2. The Hall–Kier alpha value is -1.76. The van der Waals surface area contributed by atoms with Gasteiger partial charge in [-0.05, 0) is 0 Å². The van der Waals surface area contributed by atoms with Crippen LogP contribution in [-0.2, 0) is 14.3 Å². The minimum Gasteiger partial charge on any atom is -0.480 e. The molecular formula is C8H14N2O5. The monoisotopic (exact) mass is 218 g/mol. The highest BCUT2D eigenvalue weighted by molar-refractivity contribution is 6.18. The van der Waals surface area contributed by atoms with E-state index >= 15 is 0 Å². The van der Waals surface area contributed by atoms with E-state index in [1.165, 1.54) is 0 Å². The van der Waals surface area contributed by atoms with E-state index in [1.807, 2.05) is 0 Å². The number of aliphatic hydroxyl groups is 2. The number of nitrogens with zero attached hydrogens (tertiary/aromatic N) is 1. The van der Waals surface area contributed by atoms with Crippen molar-refractivity contribution in [1.29, 1.82) is 0 Å². The number of nitrogens with two attached hydrogens (primary N) is 1. The number of esters is 1. The summed E-state index contributed by atoms with van der Waals surface area (Å²) in [5.74, 6) is -1.80. The minimum atomic E-state index is -0.867. The minimum absolute atomic E-state index is 0.0172. The number of hydrogen-bond donors (Lipinski definition) is 3. The third-order valence-corrected chi connectivity index (χ3v) is 1.44. The van der Waals surface area contributed by atoms with E-state index < -0.39 is 11.9 Å². The number of aliphatic hydroxyl groups excluding tert-OH is 2. The molecule has 0 atom stereocenters. The summed E-state index contributed by atoms with van der Waals surface area (Å²) >= 11 is 0. The fourth-order valence-corrected chi connectivity index (χ4v) is 0.755. The molecule has 0 bridgehead atoms. The molecule has 0 spiro atoms. The lowest BCUT2D eigenvalue weighted by Crippen LogP contribution is -2.25. The molecule has 0 amide bonds. The third kappa shape index (κ3) is 3.86. The first-order valence-electron chi connectivity index (χ1n) is 4.05. The summed E-state index contributed by atoms with van der Waals surface area (Å²) < 4.78 is 8.82. The largest absolute Gasteiger partial charge is 0.480 e. The Labute approximate surface area is 86.8 Å². The van der Waals surface area contributed by atoms with Crippen LogP contribution in [0.15, 0.2) is 16.5 Å². The number of aliphatic imine (C=N–C) groups is 1. The van der Waals surface area contributed by atoms with Gasteiger partial charge in [-0.25, -0.2) is 4.79 Å². The van der Waals surface area contributed by atoms with Gasteiger partial charge in [0.25, 0.3) is 5.95 Å². The van der Waals surface area contributed by atoms with E-state index in [0.717, 1.165) is 14.2 Å². The number of methoxy groups -OCH3 is 2. The van der Waals surface area contributed by atoms with Crippen molar-refractivity contribution in [2.45, 2.75) is 0 Å². The zero-order valence-corrected chi connectivity index (χ0v) is 8.56. The quantitative estimate of drug-likeness (QED) is 0.178. The Balaban J connectivity index is 5.04. The van der Waals surface area contributed by atoms with Crippen molar-refractivity contribution < 1.29 is 24.5 Å². The summed E-state index contributed by atoms with van der Waals surface area (Å²) in [5.41, 5.74) is 5.03. The smallest absolute Gasteiger partial charge is 0.348 e. The second-order valence-electron chi connectivity index (χ2n) is 2.37. The van der Waals surface area contributed by atoms with E-state index in [9.17, 15) is 9.90 Å². The Morgan fingerprint density at radius 3 is 2.40 bits per heavy atom. The van der Waals surface area contributed by atoms with Crippen molar-refractivity contribution in [3.05, 3.63) is 11.5 Å². The maximum Gasteiger partial charge on any atom is 0.348 e. The van der Waals surface area contributed by atoms with Crippen LogP contribution in [0.25, 0.3) is 0 Å². The van der Waals surface area contributed by atoms with Crippen LogP contribution in [0.4, 0.5) is 0 Å². The van der Waals surface area contributed by atoms with E-state index in [1.54, 1.807) is 0 Å². The summed E-state index contributed by atoms with van der Waals surface area (Å²) in [5, 5.41) is 17.7. The van der Waals surface area contributed by atoms with Gasteiger partial charge in [-0.2, -0.15) is 0 Å². The molecule has 0 aromatic heterocycles. The first-order chi connectivity index (χ1) is 7.08. The number of amidine groups is 1. The highest BCUT2D eigenvalue weighted by Crippen LogP contribution is 2.05. The second-order valence-corrected chi connectivity index (χ2v) is 2.37. The summed E-state index contributed by atoms with van der Waals surface area (Å²) in [6.07, 6.45) is 0. The molecule has 0 radical (unpaired) electrons. The Morgan fingerprint density at radius 1 is 1.40 bits per heavy atom. The number of rotatable bonds is 5. The normalized spacial score (nSPS) is 13.1. The van der Waals surface area contributed by atoms with Crippen molar-refractivity contribution in [1.82, 2.24) is 0 Å². The molecule has 0 saturated carbocycles. The van der Waals surface area contributed by atoms with E-state index in [-0.39, 0.29) is 24.6 Å². The van der Waals surface area contributed by atoms with Gasteiger partial charge in [-0.3, -0.25) is 4.99 Å². The van der Waals surface area contributed by atoms with Crippen LogP contribution in [0.1, 0.15) is 0 Å². The number of carbonyl (C=O) groups is 1. The van der Waals surface area contributed by atoms with Crippen molar-refractivity contribution in [3.8, 4) is 0 Å². The zero-order valence-electron chi connectivity index (χ0n) is 8.56. The Kier molecular flexibility index (Phi) is 5.88. The molecule has 0 saturated heterocycles. The lowest BCUT2D eigenvalue weighted by atomic mass is 10.2. The van der Waals surface area contributed by atoms with Crippen molar-refractivity contribution in [2.24, 2.45) is 10.7 Å². The predicted molar refractivity (Wildman–Crippen MR) is 52.3 cm³/mol. The topological polar surface area (TPSA) is 114 Å². The molecule has 15 heavy (non-hydrogen) atoms. The molecule has 0 aliphatic rings. The number of hydrogen-bond acceptors (Lipinski definition) is 6. The SMILES string of the molecule is COC(=O)/C(C(N)=NCCO)=C(/O)OC. The van der Waals surface area contributed by atoms with Gasteiger partial charge < -0.3 is 25.4 Å². The molecular weight excluding hydrogens is 204 g/mol. The number of carbonyl (C=O) groups excluding carboxylic acids is 1. The molecule has 0 aliphatic carbocycles. The van der Waals surface area contributed by atoms with Gasteiger partial charge >= 0.3 is 5.97 Å². The highest BCUT2D eigenvalue weighted by Gasteiger charge is 2.21. The van der Waals surface area contributed by atoms with E-state index in [4.69, 9.17) is 10.8 Å². The van der Waals surface area contributed by atoms with Gasteiger partial charge in [-0.15, -0.1) is 0 Å². The fourth-order valence-electron chi connectivity index (χ4n) is 0.755. The molecule has 4 N–H and O–H groups in total. The Morgan fingerprint density at radius 2 is 2.00 bits per heavy atom. The highest BCUT2D eigenvalue weighted by atomic mass is 16.6. The molecule has 0 aromatic rings. The van der Waals surface area contributed by atoms with Crippen LogP contribution in [0, 0.1) is 0 Å². The van der Waals surface area contributed by atoms with Gasteiger partial charge in [0.2, 0.25) is 0 Å². The average Bonchev–Trinajstić information content (AvgIpc) is 2.25. The summed E-state index contributed by atoms with van der Waals surface area (Å²) in [4.78, 5) is 14.8. The maximum atomic E-state index is 11.2. The predicted octanol–water partition coefficient (Wildman–Crippen LogP) is -1.08. The molecule has 0 rings (SSSR count). The van der Waals surface area contributed by atoms with Gasteiger partial charge in [0.15, 0.2) is 5.57 Å². The van der Waals surface area contributed by atoms with Gasteiger partial charge in [0.1, 0.15) is 5.84 Å². The molecule has 0 fully saturated rings. The molecule has 0 unspecified atom stereocenters. The van der Waals surface area contributed by atoms with Crippen LogP contribution in [0.3, 0.4) is 0 Å². The molecule has 0 heterocycles. The van der Waals surface area contributed by atoms with Crippen LogP contribution in [0.5, 0.6) is 0 Å². The van der Waals surface area contributed by atoms with Crippen LogP contribution >= 0.6 is 0 Å². The molecule has 0 aromatic carbocycles. The molecule has 7 heteroatoms. The third-order valence-electron chi connectivity index (χ3n) is 1.44. The number of ether oxygens (including phenoxy) is 2. The fraction of sp³-hybridized carbons (Fsp3) is 0.500. The van der Waals surface area contributed by atoms with Gasteiger partial charge in [0, 0.05) is 0 Å². The lowest BCUT2D eigenvalue weighted by molar-refractivity contribution is -0.136. The van der Waals surface area contributed by atoms with Crippen LogP contribution in [-0.4, -0.2) is 49.4 Å². The second kappa shape index (κ2) is 6.66. The van der Waals surface area contributed by atoms with Gasteiger partial charge in [0.05, 0.1) is 27.4 Å². The first-order valence-corrected chi connectivity index (χ1v) is 4.05. The van der Waals surface area contributed by atoms with E-state index in [0.29, 0.717) is 0 Å². The Bertz CT molecular complexity index is 285. The summed E-state index contributed by atoms with van der Waals surface area (Å²) in [6, 6.07) is 0. The summed E-state index contributed by atoms with van der Waals surface area (Å²) in [7, 11) is 2.29. The van der Waals surface area contributed by atoms with E-state index in [2.05, 4.69) is 14.5 Å².